The van der Waals surface area contributed by atoms with E-state index in [4.69, 9.17) is 30.6 Å². The number of aliphatic hydroxyl groups excluding tert-OH is 3. The molecule has 0 aromatic rings. The Morgan fingerprint density at radius 3 is 1.02 bits per heavy atom. The van der Waals surface area contributed by atoms with Crippen LogP contribution in [0.4, 0.5) is 14.4 Å². The van der Waals surface area contributed by atoms with Crippen LogP contribution in [0.25, 0.3) is 0 Å². The molecule has 3 unspecified atom stereocenters. The average Bonchev–Trinajstić information content (AvgIpc) is 2.95. The number of hydrogen-bond acceptors (Lipinski definition) is 6. The fraction of sp³-hybridized carbons (Fsp3) is 0.857. The summed E-state index contributed by atoms with van der Waals surface area (Å²) in [4.78, 5) is 36.4. The van der Waals surface area contributed by atoms with Crippen LogP contribution in [0.1, 0.15) is 97.3 Å². The van der Waals surface area contributed by atoms with Gasteiger partial charge in [-0.25, -0.2) is 14.4 Å². The summed E-state index contributed by atoms with van der Waals surface area (Å²) in [5, 5.41) is 52.4. The van der Waals surface area contributed by atoms with Gasteiger partial charge in [-0.3, -0.25) is 0 Å². The third-order valence-electron chi connectivity index (χ3n) is 7.41. The summed E-state index contributed by atoms with van der Waals surface area (Å²) in [7, 11) is 0. The van der Waals surface area contributed by atoms with Crippen LogP contribution in [0.2, 0.25) is 0 Å². The molecule has 3 aliphatic heterocycles. The van der Waals surface area contributed by atoms with Crippen LogP contribution < -0.4 is 0 Å². The van der Waals surface area contributed by atoms with E-state index in [2.05, 4.69) is 20.3 Å². The number of carboxylic acid groups (broad SMARTS) is 3. The first-order valence-corrected chi connectivity index (χ1v) is 14.8. The number of likely N-dealkylation sites (tertiary alicyclic amines) is 3. The Balaban J connectivity index is 0.000000534. The van der Waals surface area contributed by atoms with E-state index in [-0.39, 0.29) is 37.9 Å². The maximum atomic E-state index is 10.7. The van der Waals surface area contributed by atoms with Crippen molar-refractivity contribution in [3.63, 3.8) is 0 Å². The van der Waals surface area contributed by atoms with E-state index < -0.39 is 18.3 Å². The number of amides is 3. The number of nitrogens with zero attached hydrogens (tertiary/aromatic N) is 3. The summed E-state index contributed by atoms with van der Waals surface area (Å²) in [6, 6.07) is 0.128. The summed E-state index contributed by atoms with van der Waals surface area (Å²) < 4.78 is 0. The lowest BCUT2D eigenvalue weighted by atomic mass is 10.0. The molecule has 0 bridgehead atoms. The predicted octanol–water partition coefficient (Wildman–Crippen LogP) is 4.32. The van der Waals surface area contributed by atoms with Crippen LogP contribution in [0, 0.1) is 6.42 Å². The molecule has 3 heterocycles. The zero-order chi connectivity index (χ0) is 30.3. The first kappa shape index (κ1) is 37.7. The van der Waals surface area contributed by atoms with Crippen molar-refractivity contribution in [1.82, 2.24) is 14.7 Å². The minimum atomic E-state index is -0.854. The third-order valence-corrected chi connectivity index (χ3v) is 7.41. The van der Waals surface area contributed by atoms with Gasteiger partial charge in [0, 0.05) is 57.6 Å². The van der Waals surface area contributed by atoms with Gasteiger partial charge in [-0.15, -0.1) is 0 Å². The van der Waals surface area contributed by atoms with Crippen molar-refractivity contribution in [2.24, 2.45) is 0 Å². The predicted molar refractivity (Wildman–Crippen MR) is 152 cm³/mol. The topological polar surface area (TPSA) is 182 Å². The van der Waals surface area contributed by atoms with Crippen LogP contribution in [0.3, 0.4) is 0 Å². The number of rotatable bonds is 7. The van der Waals surface area contributed by atoms with Crippen molar-refractivity contribution in [2.75, 3.05) is 39.5 Å². The standard InChI is InChI=1S/3C8H15NO3.C4H9/c3*10-6-4-7-3-1-2-5-9(7)8(11)12;1-3-4-2/h3*7,10H,1-6H2,(H,11,12);3H,4H2,1-2H3. The van der Waals surface area contributed by atoms with Crippen LogP contribution >= 0.6 is 0 Å². The smallest absolute Gasteiger partial charge is 0.407 e. The van der Waals surface area contributed by atoms with Crippen LogP contribution in [0.15, 0.2) is 0 Å². The highest BCUT2D eigenvalue weighted by Gasteiger charge is 2.27. The average molecular weight is 577 g/mol. The monoisotopic (exact) mass is 576 g/mol. The van der Waals surface area contributed by atoms with Gasteiger partial charge in [-0.2, -0.15) is 0 Å². The second-order valence-corrected chi connectivity index (χ2v) is 10.2. The molecule has 3 aliphatic rings. The van der Waals surface area contributed by atoms with E-state index in [9.17, 15) is 14.4 Å². The lowest BCUT2D eigenvalue weighted by Gasteiger charge is -2.33. The number of carbonyl (C=O) groups is 3. The summed E-state index contributed by atoms with van der Waals surface area (Å²) in [5.41, 5.74) is 0. The maximum Gasteiger partial charge on any atom is 0.407 e. The van der Waals surface area contributed by atoms with Crippen molar-refractivity contribution in [3.8, 4) is 0 Å². The van der Waals surface area contributed by atoms with Gasteiger partial charge in [-0.1, -0.05) is 20.3 Å². The Morgan fingerprint density at radius 1 is 0.600 bits per heavy atom. The molecule has 0 aliphatic carbocycles. The molecular formula is C28H54N3O9. The second kappa shape index (κ2) is 23.4. The number of aliphatic hydroxyl groups is 3. The molecule has 6 N–H and O–H groups in total. The zero-order valence-electron chi connectivity index (χ0n) is 24.5. The van der Waals surface area contributed by atoms with Crippen molar-refractivity contribution in [2.45, 2.75) is 115 Å². The zero-order valence-corrected chi connectivity index (χ0v) is 24.5. The van der Waals surface area contributed by atoms with E-state index in [0.717, 1.165) is 57.8 Å². The largest absolute Gasteiger partial charge is 0.465 e. The summed E-state index contributed by atoms with van der Waals surface area (Å²) in [6.45, 7) is 6.29. The highest BCUT2D eigenvalue weighted by atomic mass is 16.4. The molecular weight excluding hydrogens is 522 g/mol. The molecule has 0 spiro atoms. The molecule has 12 nitrogen and oxygen atoms in total. The van der Waals surface area contributed by atoms with Crippen LogP contribution in [-0.4, -0.2) is 121 Å². The first-order valence-electron chi connectivity index (χ1n) is 14.8. The Labute approximate surface area is 239 Å². The minimum Gasteiger partial charge on any atom is -0.465 e. The summed E-state index contributed by atoms with van der Waals surface area (Å²) in [6.07, 6.45) is 11.3. The molecule has 0 aromatic carbocycles. The number of hydrogen-bond donors (Lipinski definition) is 6. The quantitative estimate of drug-likeness (QED) is 0.257. The van der Waals surface area contributed by atoms with Gasteiger partial charge in [0.1, 0.15) is 0 Å². The SMILES string of the molecule is C[CH]CC.O=C(O)N1CCCCC1CCO.O=C(O)N1CCCCC1CCO.O=C(O)N1CCCCC1CCO. The fourth-order valence-corrected chi connectivity index (χ4v) is 5.10. The molecule has 1 radical (unpaired) electrons. The Bertz CT molecular complexity index is 590. The van der Waals surface area contributed by atoms with E-state index in [0.29, 0.717) is 38.9 Å². The molecule has 3 amide bonds. The van der Waals surface area contributed by atoms with Crippen molar-refractivity contribution in [3.05, 3.63) is 6.42 Å². The molecule has 3 fully saturated rings. The highest BCUT2D eigenvalue weighted by molar-refractivity contribution is 5.66. The van der Waals surface area contributed by atoms with Gasteiger partial charge in [0.2, 0.25) is 0 Å². The molecule has 235 valence electrons. The molecule has 0 saturated carbocycles. The summed E-state index contributed by atoms with van der Waals surface area (Å²) >= 11 is 0. The lowest BCUT2D eigenvalue weighted by molar-refractivity contribution is 0.0939. The van der Waals surface area contributed by atoms with Gasteiger partial charge in [0.15, 0.2) is 0 Å². The Hall–Kier alpha value is -2.31. The maximum absolute atomic E-state index is 10.7. The molecule has 12 heteroatoms. The van der Waals surface area contributed by atoms with Gasteiger partial charge < -0.3 is 45.3 Å². The van der Waals surface area contributed by atoms with Gasteiger partial charge in [0.25, 0.3) is 0 Å². The van der Waals surface area contributed by atoms with E-state index in [1.807, 2.05) is 0 Å². The van der Waals surface area contributed by atoms with Crippen molar-refractivity contribution >= 4 is 18.3 Å². The molecule has 3 saturated heterocycles. The van der Waals surface area contributed by atoms with Gasteiger partial charge >= 0.3 is 18.3 Å². The fourth-order valence-electron chi connectivity index (χ4n) is 5.10. The van der Waals surface area contributed by atoms with Crippen molar-refractivity contribution in [1.29, 1.82) is 0 Å². The number of piperidine rings is 3. The normalized spacial score (nSPS) is 22.4. The third kappa shape index (κ3) is 15.5. The van der Waals surface area contributed by atoms with E-state index >= 15 is 0 Å². The second-order valence-electron chi connectivity index (χ2n) is 10.2. The van der Waals surface area contributed by atoms with Crippen LogP contribution in [0.5, 0.6) is 0 Å². The first-order chi connectivity index (χ1) is 19.2. The molecule has 3 atom stereocenters. The van der Waals surface area contributed by atoms with Gasteiger partial charge in [0.05, 0.1) is 0 Å². The molecule has 40 heavy (non-hydrogen) atoms. The van der Waals surface area contributed by atoms with Crippen molar-refractivity contribution < 1.29 is 45.0 Å². The van der Waals surface area contributed by atoms with Crippen LogP contribution in [-0.2, 0) is 0 Å². The highest BCUT2D eigenvalue weighted by Crippen LogP contribution is 2.20. The Morgan fingerprint density at radius 2 is 0.850 bits per heavy atom. The minimum absolute atomic E-state index is 0.0428. The van der Waals surface area contributed by atoms with Gasteiger partial charge in [-0.05, 0) is 83.5 Å². The lowest BCUT2D eigenvalue weighted by Crippen LogP contribution is -2.43. The summed E-state index contributed by atoms with van der Waals surface area (Å²) in [5.74, 6) is 0. The van der Waals surface area contributed by atoms with E-state index in [1.54, 1.807) is 0 Å². The molecule has 3 rings (SSSR count). The Kier molecular flexibility index (Phi) is 22.0. The number of unbranched alkanes of at least 4 members (excludes halogenated alkanes) is 1. The molecule has 0 aromatic heterocycles. The van der Waals surface area contributed by atoms with E-state index in [1.165, 1.54) is 21.1 Å².